The van der Waals surface area contributed by atoms with Crippen LogP contribution in [0.3, 0.4) is 0 Å². The second-order valence-corrected chi connectivity index (χ2v) is 7.37. The van der Waals surface area contributed by atoms with Gasteiger partial charge in [-0.3, -0.25) is 0 Å². The zero-order valence-electron chi connectivity index (χ0n) is 11.4. The van der Waals surface area contributed by atoms with Gasteiger partial charge in [-0.05, 0) is 30.5 Å². The van der Waals surface area contributed by atoms with Gasteiger partial charge in [0.2, 0.25) is 10.0 Å². The van der Waals surface area contributed by atoms with E-state index in [1.165, 1.54) is 12.8 Å². The first-order chi connectivity index (χ1) is 9.53. The number of rotatable bonds is 4. The van der Waals surface area contributed by atoms with Gasteiger partial charge in [0, 0.05) is 12.6 Å². The average molecular weight is 317 g/mol. The molecule has 0 amide bonds. The fraction of sp³-hybridized carbons (Fsp3) is 0.571. The summed E-state index contributed by atoms with van der Waals surface area (Å²) in [5, 5.41) is 0.239. The number of benzene rings is 1. The molecule has 4 nitrogen and oxygen atoms in total. The molecule has 0 bridgehead atoms. The van der Waals surface area contributed by atoms with E-state index in [4.69, 9.17) is 17.3 Å². The normalized spacial score (nSPS) is 17.9. The highest BCUT2D eigenvalue weighted by molar-refractivity contribution is 7.89. The summed E-state index contributed by atoms with van der Waals surface area (Å²) in [4.78, 5) is 0.131. The first kappa shape index (κ1) is 15.8. The molecule has 0 unspecified atom stereocenters. The number of hydrogen-bond donors (Lipinski definition) is 2. The summed E-state index contributed by atoms with van der Waals surface area (Å²) in [7, 11) is -3.58. The molecule has 0 heterocycles. The van der Waals surface area contributed by atoms with E-state index in [-0.39, 0.29) is 16.0 Å². The lowest BCUT2D eigenvalue weighted by molar-refractivity contribution is 0.510. The van der Waals surface area contributed by atoms with Crippen LogP contribution in [0, 0.1) is 0 Å². The Morgan fingerprint density at radius 2 is 1.85 bits per heavy atom. The van der Waals surface area contributed by atoms with Gasteiger partial charge in [0.1, 0.15) is 4.90 Å². The van der Waals surface area contributed by atoms with E-state index in [0.717, 1.165) is 31.2 Å². The van der Waals surface area contributed by atoms with Gasteiger partial charge >= 0.3 is 0 Å². The Bertz CT molecular complexity index is 552. The first-order valence-corrected chi connectivity index (χ1v) is 8.90. The minimum atomic E-state index is -3.58. The van der Waals surface area contributed by atoms with Crippen LogP contribution in [0.2, 0.25) is 5.02 Å². The van der Waals surface area contributed by atoms with Crippen LogP contribution in [0.25, 0.3) is 0 Å². The smallest absolute Gasteiger partial charge is 0.242 e. The zero-order valence-corrected chi connectivity index (χ0v) is 13.0. The van der Waals surface area contributed by atoms with Crippen molar-refractivity contribution < 1.29 is 8.42 Å². The molecule has 0 aliphatic heterocycles. The number of halogens is 1. The number of sulfonamides is 1. The molecule has 1 aliphatic rings. The SMILES string of the molecule is NCc1ccc(Cl)c(S(=O)(=O)NC2CCCCCC2)c1. The Balaban J connectivity index is 2.21. The Hall–Kier alpha value is -0.620. The zero-order chi connectivity index (χ0) is 14.6. The van der Waals surface area contributed by atoms with Gasteiger partial charge < -0.3 is 5.73 Å². The van der Waals surface area contributed by atoms with E-state index in [1.54, 1.807) is 18.2 Å². The maximum Gasteiger partial charge on any atom is 0.242 e. The quantitative estimate of drug-likeness (QED) is 0.839. The molecule has 0 radical (unpaired) electrons. The molecule has 3 N–H and O–H groups in total. The summed E-state index contributed by atoms with van der Waals surface area (Å²) in [6.07, 6.45) is 6.30. The van der Waals surface area contributed by atoms with E-state index in [0.29, 0.717) is 6.54 Å². The van der Waals surface area contributed by atoms with Crippen molar-refractivity contribution >= 4 is 21.6 Å². The van der Waals surface area contributed by atoms with Crippen LogP contribution in [-0.4, -0.2) is 14.5 Å². The molecule has 0 spiro atoms. The predicted octanol–water partition coefficient (Wildman–Crippen LogP) is 2.80. The van der Waals surface area contributed by atoms with Crippen molar-refractivity contribution in [1.82, 2.24) is 4.72 Å². The topological polar surface area (TPSA) is 72.2 Å². The molecule has 1 aromatic rings. The van der Waals surface area contributed by atoms with Crippen molar-refractivity contribution in [3.05, 3.63) is 28.8 Å². The van der Waals surface area contributed by atoms with Crippen LogP contribution in [0.5, 0.6) is 0 Å². The van der Waals surface area contributed by atoms with Gasteiger partial charge in [-0.1, -0.05) is 43.4 Å². The van der Waals surface area contributed by atoms with Crippen molar-refractivity contribution in [3.8, 4) is 0 Å². The highest BCUT2D eigenvalue weighted by Crippen LogP contribution is 2.25. The Morgan fingerprint density at radius 3 is 2.45 bits per heavy atom. The fourth-order valence-corrected chi connectivity index (χ4v) is 4.42. The monoisotopic (exact) mass is 316 g/mol. The van der Waals surface area contributed by atoms with Gasteiger partial charge in [0.05, 0.1) is 5.02 Å². The molecule has 6 heteroatoms. The summed E-state index contributed by atoms with van der Waals surface area (Å²) < 4.78 is 27.7. The third kappa shape index (κ3) is 3.95. The van der Waals surface area contributed by atoms with Crippen LogP contribution in [-0.2, 0) is 16.6 Å². The third-order valence-corrected chi connectivity index (χ3v) is 5.70. The summed E-state index contributed by atoms with van der Waals surface area (Å²) in [6, 6.07) is 4.90. The minimum absolute atomic E-state index is 0.0140. The third-order valence-electron chi connectivity index (χ3n) is 3.70. The van der Waals surface area contributed by atoms with E-state index in [1.807, 2.05) is 0 Å². The summed E-state index contributed by atoms with van der Waals surface area (Å²) >= 11 is 6.03. The van der Waals surface area contributed by atoms with Crippen LogP contribution >= 0.6 is 11.6 Å². The molecular weight excluding hydrogens is 296 g/mol. The Morgan fingerprint density at radius 1 is 1.20 bits per heavy atom. The van der Waals surface area contributed by atoms with Crippen molar-refractivity contribution in [2.45, 2.75) is 56.0 Å². The van der Waals surface area contributed by atoms with Gasteiger partial charge in [-0.2, -0.15) is 0 Å². The largest absolute Gasteiger partial charge is 0.326 e. The second kappa shape index (κ2) is 6.89. The van der Waals surface area contributed by atoms with E-state index in [9.17, 15) is 8.42 Å². The van der Waals surface area contributed by atoms with Crippen molar-refractivity contribution in [3.63, 3.8) is 0 Å². The first-order valence-electron chi connectivity index (χ1n) is 7.04. The van der Waals surface area contributed by atoms with Gasteiger partial charge in [0.15, 0.2) is 0 Å². The van der Waals surface area contributed by atoms with E-state index >= 15 is 0 Å². The number of hydrogen-bond acceptors (Lipinski definition) is 3. The van der Waals surface area contributed by atoms with Crippen molar-refractivity contribution in [1.29, 1.82) is 0 Å². The van der Waals surface area contributed by atoms with E-state index in [2.05, 4.69) is 4.72 Å². The highest BCUT2D eigenvalue weighted by Gasteiger charge is 2.23. The van der Waals surface area contributed by atoms with Crippen LogP contribution in [0.4, 0.5) is 0 Å². The number of nitrogens with two attached hydrogens (primary N) is 1. The van der Waals surface area contributed by atoms with Crippen LogP contribution in [0.15, 0.2) is 23.1 Å². The van der Waals surface area contributed by atoms with Gasteiger partial charge in [0.25, 0.3) is 0 Å². The molecule has 1 aromatic carbocycles. The molecule has 1 fully saturated rings. The second-order valence-electron chi connectivity index (χ2n) is 5.28. The summed E-state index contributed by atoms with van der Waals surface area (Å²) in [6.45, 7) is 0.295. The predicted molar refractivity (Wildman–Crippen MR) is 81.2 cm³/mol. The molecule has 2 rings (SSSR count). The fourth-order valence-electron chi connectivity index (χ4n) is 2.56. The number of nitrogens with one attached hydrogen (secondary N) is 1. The maximum absolute atomic E-state index is 12.5. The molecule has 112 valence electrons. The minimum Gasteiger partial charge on any atom is -0.326 e. The molecule has 0 atom stereocenters. The highest BCUT2D eigenvalue weighted by atomic mass is 35.5. The summed E-state index contributed by atoms with van der Waals surface area (Å²) in [5.41, 5.74) is 6.32. The van der Waals surface area contributed by atoms with Gasteiger partial charge in [-0.15, -0.1) is 0 Å². The van der Waals surface area contributed by atoms with Gasteiger partial charge in [-0.25, -0.2) is 13.1 Å². The molecule has 0 aromatic heterocycles. The molecule has 1 saturated carbocycles. The molecular formula is C14H21ClN2O2S. The standard InChI is InChI=1S/C14H21ClN2O2S/c15-13-8-7-11(10-16)9-14(13)20(18,19)17-12-5-3-1-2-4-6-12/h7-9,12,17H,1-6,10,16H2. The lowest BCUT2D eigenvalue weighted by Gasteiger charge is -2.17. The average Bonchev–Trinajstić information content (AvgIpc) is 2.67. The maximum atomic E-state index is 12.5. The van der Waals surface area contributed by atoms with Crippen molar-refractivity contribution in [2.75, 3.05) is 0 Å². The van der Waals surface area contributed by atoms with Crippen LogP contribution < -0.4 is 10.5 Å². The lowest BCUT2D eigenvalue weighted by atomic mass is 10.1. The van der Waals surface area contributed by atoms with E-state index < -0.39 is 10.0 Å². The van der Waals surface area contributed by atoms with Crippen molar-refractivity contribution in [2.24, 2.45) is 5.73 Å². The molecule has 1 aliphatic carbocycles. The Labute approximate surface area is 125 Å². The molecule has 20 heavy (non-hydrogen) atoms. The van der Waals surface area contributed by atoms with Crippen LogP contribution in [0.1, 0.15) is 44.1 Å². The summed E-state index contributed by atoms with van der Waals surface area (Å²) in [5.74, 6) is 0. The lowest BCUT2D eigenvalue weighted by Crippen LogP contribution is -2.34. The molecule has 0 saturated heterocycles. The Kier molecular flexibility index (Phi) is 5.43.